The second-order valence-corrected chi connectivity index (χ2v) is 6.40. The molecule has 96 valence electrons. The SMILES string of the molecule is CSCC(C)CNS(=O)(=O)c1ncccc1N. The van der Waals surface area contributed by atoms with Gasteiger partial charge in [0.25, 0.3) is 10.0 Å². The lowest BCUT2D eigenvalue weighted by Gasteiger charge is -2.12. The average Bonchev–Trinajstić information content (AvgIpc) is 2.27. The second kappa shape index (κ2) is 6.23. The molecule has 0 aromatic carbocycles. The Kier molecular flexibility index (Phi) is 5.23. The van der Waals surface area contributed by atoms with E-state index in [0.717, 1.165) is 5.75 Å². The molecule has 5 nitrogen and oxygen atoms in total. The summed E-state index contributed by atoms with van der Waals surface area (Å²) < 4.78 is 26.3. The highest BCUT2D eigenvalue weighted by atomic mass is 32.2. The number of thioether (sulfide) groups is 1. The molecule has 0 saturated carbocycles. The predicted molar refractivity (Wildman–Crippen MR) is 71.4 cm³/mol. The Morgan fingerprint density at radius 2 is 2.29 bits per heavy atom. The number of hydrogen-bond acceptors (Lipinski definition) is 5. The molecule has 0 amide bonds. The molecule has 17 heavy (non-hydrogen) atoms. The molecule has 1 aromatic rings. The number of anilines is 1. The predicted octanol–water partition coefficient (Wildman–Crippen LogP) is 0.941. The first-order valence-corrected chi connectivity index (χ1v) is 8.04. The van der Waals surface area contributed by atoms with Gasteiger partial charge in [0, 0.05) is 12.7 Å². The van der Waals surface area contributed by atoms with E-state index in [9.17, 15) is 8.42 Å². The van der Waals surface area contributed by atoms with Gasteiger partial charge in [-0.05, 0) is 30.1 Å². The van der Waals surface area contributed by atoms with Gasteiger partial charge in [0.1, 0.15) is 0 Å². The summed E-state index contributed by atoms with van der Waals surface area (Å²) in [7, 11) is -3.60. The van der Waals surface area contributed by atoms with Gasteiger partial charge in [-0.25, -0.2) is 18.1 Å². The van der Waals surface area contributed by atoms with Crippen molar-refractivity contribution in [1.29, 1.82) is 0 Å². The van der Waals surface area contributed by atoms with E-state index in [1.807, 2.05) is 13.2 Å². The van der Waals surface area contributed by atoms with Crippen LogP contribution in [0.3, 0.4) is 0 Å². The summed E-state index contributed by atoms with van der Waals surface area (Å²) >= 11 is 1.68. The van der Waals surface area contributed by atoms with Crippen molar-refractivity contribution >= 4 is 27.5 Å². The molecule has 3 N–H and O–H groups in total. The van der Waals surface area contributed by atoms with Crippen molar-refractivity contribution in [2.24, 2.45) is 5.92 Å². The quantitative estimate of drug-likeness (QED) is 0.807. The molecule has 0 spiro atoms. The Balaban J connectivity index is 2.73. The van der Waals surface area contributed by atoms with E-state index in [0.29, 0.717) is 6.54 Å². The molecule has 0 aliphatic heterocycles. The lowest BCUT2D eigenvalue weighted by molar-refractivity contribution is 0.560. The van der Waals surface area contributed by atoms with Crippen LogP contribution in [0.4, 0.5) is 5.69 Å². The topological polar surface area (TPSA) is 85.1 Å². The van der Waals surface area contributed by atoms with Crippen LogP contribution >= 0.6 is 11.8 Å². The zero-order valence-corrected chi connectivity index (χ0v) is 11.5. The van der Waals surface area contributed by atoms with Gasteiger partial charge in [0.05, 0.1) is 5.69 Å². The standard InChI is InChI=1S/C10H17N3O2S2/c1-8(7-16-2)6-13-17(14,15)10-9(11)4-3-5-12-10/h3-5,8,13H,6-7,11H2,1-2H3. The minimum absolute atomic E-state index is 0.101. The molecule has 0 aliphatic carbocycles. The molecule has 0 aliphatic rings. The van der Waals surface area contributed by atoms with Crippen LogP contribution in [-0.2, 0) is 10.0 Å². The van der Waals surface area contributed by atoms with E-state index in [2.05, 4.69) is 9.71 Å². The van der Waals surface area contributed by atoms with E-state index in [1.165, 1.54) is 12.3 Å². The molecular weight excluding hydrogens is 258 g/mol. The van der Waals surface area contributed by atoms with Crippen LogP contribution in [-0.4, -0.2) is 32.0 Å². The largest absolute Gasteiger partial charge is 0.396 e. The van der Waals surface area contributed by atoms with Gasteiger partial charge in [-0.1, -0.05) is 6.92 Å². The van der Waals surface area contributed by atoms with Gasteiger partial charge in [0.15, 0.2) is 5.03 Å². The molecule has 1 atom stereocenters. The van der Waals surface area contributed by atoms with Crippen molar-refractivity contribution in [2.45, 2.75) is 11.9 Å². The Morgan fingerprint density at radius 3 is 2.88 bits per heavy atom. The number of nitrogens with two attached hydrogens (primary N) is 1. The first-order chi connectivity index (χ1) is 7.97. The third-order valence-electron chi connectivity index (χ3n) is 2.13. The van der Waals surface area contributed by atoms with Crippen LogP contribution in [0, 0.1) is 5.92 Å². The number of aromatic nitrogens is 1. The van der Waals surface area contributed by atoms with Gasteiger partial charge < -0.3 is 5.73 Å². The second-order valence-electron chi connectivity index (χ2n) is 3.81. The molecule has 7 heteroatoms. The molecule has 0 bridgehead atoms. The third-order valence-corrected chi connectivity index (χ3v) is 4.43. The molecule has 1 unspecified atom stereocenters. The van der Waals surface area contributed by atoms with Crippen molar-refractivity contribution in [1.82, 2.24) is 9.71 Å². The highest BCUT2D eigenvalue weighted by molar-refractivity contribution is 7.98. The van der Waals surface area contributed by atoms with Crippen LogP contribution in [0.15, 0.2) is 23.4 Å². The maximum Gasteiger partial charge on any atom is 0.260 e. The van der Waals surface area contributed by atoms with E-state index in [4.69, 9.17) is 5.73 Å². The van der Waals surface area contributed by atoms with E-state index >= 15 is 0 Å². The average molecular weight is 275 g/mol. The first-order valence-electron chi connectivity index (χ1n) is 5.16. The fourth-order valence-corrected chi connectivity index (χ4v) is 3.20. The van der Waals surface area contributed by atoms with Gasteiger partial charge >= 0.3 is 0 Å². The fraction of sp³-hybridized carbons (Fsp3) is 0.500. The van der Waals surface area contributed by atoms with Crippen molar-refractivity contribution in [3.05, 3.63) is 18.3 Å². The van der Waals surface area contributed by atoms with Crippen LogP contribution in [0.5, 0.6) is 0 Å². The van der Waals surface area contributed by atoms with Crippen molar-refractivity contribution in [3.8, 4) is 0 Å². The number of hydrogen-bond donors (Lipinski definition) is 2. The van der Waals surface area contributed by atoms with Gasteiger partial charge in [-0.2, -0.15) is 11.8 Å². The monoisotopic (exact) mass is 275 g/mol. The summed E-state index contributed by atoms with van der Waals surface area (Å²) in [6.07, 6.45) is 3.40. The van der Waals surface area contributed by atoms with Crippen LogP contribution in [0.2, 0.25) is 0 Å². The minimum atomic E-state index is -3.60. The summed E-state index contributed by atoms with van der Waals surface area (Å²) in [5, 5.41) is -0.101. The minimum Gasteiger partial charge on any atom is -0.396 e. The van der Waals surface area contributed by atoms with E-state index < -0.39 is 10.0 Å². The number of pyridine rings is 1. The number of nitrogen functional groups attached to an aromatic ring is 1. The van der Waals surface area contributed by atoms with Crippen LogP contribution < -0.4 is 10.5 Å². The normalized spacial score (nSPS) is 13.5. The Labute approximate surface area is 106 Å². The summed E-state index contributed by atoms with van der Waals surface area (Å²) in [4.78, 5) is 3.79. The van der Waals surface area contributed by atoms with E-state index in [1.54, 1.807) is 17.8 Å². The maximum absolute atomic E-state index is 11.9. The zero-order valence-electron chi connectivity index (χ0n) is 9.88. The highest BCUT2D eigenvalue weighted by Crippen LogP contribution is 2.14. The smallest absolute Gasteiger partial charge is 0.260 e. The van der Waals surface area contributed by atoms with Crippen LogP contribution in [0.25, 0.3) is 0 Å². The first kappa shape index (κ1) is 14.3. The Bertz CT molecular complexity index is 462. The van der Waals surface area contributed by atoms with Crippen molar-refractivity contribution in [2.75, 3.05) is 24.3 Å². The molecule has 0 fully saturated rings. The lowest BCUT2D eigenvalue weighted by Crippen LogP contribution is -2.30. The lowest BCUT2D eigenvalue weighted by atomic mass is 10.2. The number of sulfonamides is 1. The molecule has 1 rings (SSSR count). The highest BCUT2D eigenvalue weighted by Gasteiger charge is 2.19. The summed E-state index contributed by atoms with van der Waals surface area (Å²) in [6, 6.07) is 3.12. The van der Waals surface area contributed by atoms with Crippen molar-refractivity contribution in [3.63, 3.8) is 0 Å². The maximum atomic E-state index is 11.9. The van der Waals surface area contributed by atoms with Crippen LogP contribution in [0.1, 0.15) is 6.92 Å². The molecule has 1 aromatic heterocycles. The van der Waals surface area contributed by atoms with E-state index in [-0.39, 0.29) is 16.6 Å². The van der Waals surface area contributed by atoms with Gasteiger partial charge in [-0.3, -0.25) is 0 Å². The Morgan fingerprint density at radius 1 is 1.59 bits per heavy atom. The molecular formula is C10H17N3O2S2. The van der Waals surface area contributed by atoms with Gasteiger partial charge in [0.2, 0.25) is 0 Å². The number of rotatable bonds is 6. The van der Waals surface area contributed by atoms with Gasteiger partial charge in [-0.15, -0.1) is 0 Å². The van der Waals surface area contributed by atoms with Crippen molar-refractivity contribution < 1.29 is 8.42 Å². The molecule has 0 saturated heterocycles. The summed E-state index contributed by atoms with van der Waals surface area (Å²) in [6.45, 7) is 2.37. The third kappa shape index (κ3) is 4.18. The molecule has 1 heterocycles. The summed E-state index contributed by atoms with van der Waals surface area (Å²) in [5.74, 6) is 1.17. The number of nitrogens with one attached hydrogen (secondary N) is 1. The molecule has 0 radical (unpaired) electrons. The number of nitrogens with zero attached hydrogens (tertiary/aromatic N) is 1. The zero-order chi connectivity index (χ0) is 12.9. The summed E-state index contributed by atoms with van der Waals surface area (Å²) in [5.41, 5.74) is 5.75. The fourth-order valence-electron chi connectivity index (χ4n) is 1.29. The Hall–Kier alpha value is -0.790.